The summed E-state index contributed by atoms with van der Waals surface area (Å²) in [6.07, 6.45) is -11.7. The van der Waals surface area contributed by atoms with Crippen LogP contribution in [0.3, 0.4) is 0 Å². The first-order chi connectivity index (χ1) is 25.2. The second kappa shape index (κ2) is 17.2. The first kappa shape index (κ1) is 41.4. The minimum absolute atomic E-state index is 0.0582. The van der Waals surface area contributed by atoms with Gasteiger partial charge in [0.2, 0.25) is 0 Å². The fourth-order valence-corrected chi connectivity index (χ4v) is 5.65. The second-order valence-electron chi connectivity index (χ2n) is 13.8. The number of nitrogens with zero attached hydrogens (tertiary/aromatic N) is 1. The number of alkyl halides is 6. The molecule has 286 valence electrons. The lowest BCUT2D eigenvalue weighted by Gasteiger charge is -2.30. The number of carbonyl (C=O) groups excluding carboxylic acids is 2. The molecule has 0 saturated heterocycles. The summed E-state index contributed by atoms with van der Waals surface area (Å²) >= 11 is 0. The first-order valence-electron chi connectivity index (χ1n) is 17.2. The van der Waals surface area contributed by atoms with Crippen molar-refractivity contribution in [2.75, 3.05) is 4.90 Å². The van der Waals surface area contributed by atoms with Crippen molar-refractivity contribution in [1.29, 1.82) is 0 Å². The molecule has 4 aromatic carbocycles. The molecule has 0 aliphatic carbocycles. The summed E-state index contributed by atoms with van der Waals surface area (Å²) in [6.45, 7) is 14.2. The molecule has 0 fully saturated rings. The van der Waals surface area contributed by atoms with Gasteiger partial charge in [-0.1, -0.05) is 81.6 Å². The average Bonchev–Trinajstić information content (AvgIpc) is 3.11. The Morgan fingerprint density at radius 3 is 1.24 bits per heavy atom. The Morgan fingerprint density at radius 2 is 0.907 bits per heavy atom. The van der Waals surface area contributed by atoms with E-state index in [0.717, 1.165) is 33.8 Å². The standard InChI is InChI=1S/C43H43F6NO4/c1-28(2)39(51)53-26-30-7-13-36(14-8-30)50(37-15-9-31(10-16-37)27-54-40(52)29(3)4)38-17-11-34(12-18-38)41(5,6)35-24-32(19-21-42(44,45)46)23-33(25-35)20-22-43(47,48)49/h7-18,23-25H,1,3,19-22,26-27H2,2,4-6H3. The van der Waals surface area contributed by atoms with Crippen LogP contribution >= 0.6 is 0 Å². The van der Waals surface area contributed by atoms with E-state index < -0.39 is 42.5 Å². The Balaban J connectivity index is 1.69. The van der Waals surface area contributed by atoms with Crippen molar-refractivity contribution in [3.8, 4) is 0 Å². The minimum atomic E-state index is -4.41. The van der Waals surface area contributed by atoms with Gasteiger partial charge in [0.15, 0.2) is 0 Å². The normalized spacial score (nSPS) is 11.9. The average molecular weight is 752 g/mol. The molecule has 0 saturated carbocycles. The number of esters is 2. The minimum Gasteiger partial charge on any atom is -0.457 e. The smallest absolute Gasteiger partial charge is 0.389 e. The van der Waals surface area contributed by atoms with E-state index in [2.05, 4.69) is 13.2 Å². The highest BCUT2D eigenvalue weighted by Gasteiger charge is 2.30. The zero-order valence-corrected chi connectivity index (χ0v) is 30.7. The number of carbonyl (C=O) groups is 2. The number of anilines is 3. The van der Waals surface area contributed by atoms with Crippen LogP contribution in [-0.2, 0) is 50.5 Å². The summed E-state index contributed by atoms with van der Waals surface area (Å²) in [4.78, 5) is 25.8. The van der Waals surface area contributed by atoms with Gasteiger partial charge in [0.05, 0.1) is 0 Å². The van der Waals surface area contributed by atoms with E-state index in [1.165, 1.54) is 6.07 Å². The van der Waals surface area contributed by atoms with E-state index in [-0.39, 0.29) is 26.1 Å². The molecule has 0 heterocycles. The summed E-state index contributed by atoms with van der Waals surface area (Å²) in [7, 11) is 0. The van der Waals surface area contributed by atoms with Crippen molar-refractivity contribution in [1.82, 2.24) is 0 Å². The molecule has 0 unspecified atom stereocenters. The molecule has 0 atom stereocenters. The zero-order valence-electron chi connectivity index (χ0n) is 30.7. The summed E-state index contributed by atoms with van der Waals surface area (Å²) < 4.78 is 89.3. The van der Waals surface area contributed by atoms with Crippen molar-refractivity contribution in [3.05, 3.63) is 149 Å². The maximum atomic E-state index is 13.1. The van der Waals surface area contributed by atoms with Gasteiger partial charge in [0.25, 0.3) is 0 Å². The fraction of sp³-hybridized carbons (Fsp3) is 0.302. The van der Waals surface area contributed by atoms with Gasteiger partial charge in [-0.2, -0.15) is 26.3 Å². The summed E-state index contributed by atoms with van der Waals surface area (Å²) in [6, 6.07) is 27.1. The molecular weight excluding hydrogens is 708 g/mol. The Kier molecular flexibility index (Phi) is 13.2. The molecule has 0 aromatic heterocycles. The van der Waals surface area contributed by atoms with Crippen LogP contribution in [0.15, 0.2) is 115 Å². The Bertz CT molecular complexity index is 1830. The second-order valence-corrected chi connectivity index (χ2v) is 13.8. The molecule has 0 spiro atoms. The molecule has 4 aromatic rings. The van der Waals surface area contributed by atoms with Gasteiger partial charge in [0.1, 0.15) is 13.2 Å². The van der Waals surface area contributed by atoms with Crippen molar-refractivity contribution < 1.29 is 45.4 Å². The molecule has 0 aliphatic rings. The van der Waals surface area contributed by atoms with Crippen LogP contribution in [0.4, 0.5) is 43.4 Å². The SMILES string of the molecule is C=C(C)C(=O)OCc1ccc(N(c2ccc(COC(=O)C(=C)C)cc2)c2ccc(C(C)(C)c3cc(CCC(F)(F)F)cc(CCC(F)(F)F)c3)cc2)cc1. The highest BCUT2D eigenvalue weighted by molar-refractivity contribution is 5.87. The molecular formula is C43H43F6NO4. The lowest BCUT2D eigenvalue weighted by atomic mass is 9.76. The van der Waals surface area contributed by atoms with Crippen LogP contribution in [0.25, 0.3) is 0 Å². The molecule has 0 aliphatic heterocycles. The van der Waals surface area contributed by atoms with Crippen LogP contribution in [-0.4, -0.2) is 24.3 Å². The van der Waals surface area contributed by atoms with E-state index in [1.54, 1.807) is 26.0 Å². The first-order valence-corrected chi connectivity index (χ1v) is 17.2. The van der Waals surface area contributed by atoms with Crippen LogP contribution < -0.4 is 4.90 Å². The number of ether oxygens (including phenoxy) is 2. The highest BCUT2D eigenvalue weighted by Crippen LogP contribution is 2.39. The number of aryl methyl sites for hydroxylation is 2. The van der Waals surface area contributed by atoms with E-state index in [9.17, 15) is 35.9 Å². The maximum absolute atomic E-state index is 13.1. The van der Waals surface area contributed by atoms with Crippen molar-refractivity contribution >= 4 is 29.0 Å². The number of hydrogen-bond donors (Lipinski definition) is 0. The van der Waals surface area contributed by atoms with Gasteiger partial charge in [-0.15, -0.1) is 0 Å². The van der Waals surface area contributed by atoms with Gasteiger partial charge in [-0.05, 0) is 96.5 Å². The molecule has 5 nitrogen and oxygen atoms in total. The zero-order chi connectivity index (χ0) is 39.8. The largest absolute Gasteiger partial charge is 0.457 e. The third kappa shape index (κ3) is 11.8. The lowest BCUT2D eigenvalue weighted by Crippen LogP contribution is -2.20. The Labute approximate surface area is 311 Å². The van der Waals surface area contributed by atoms with E-state index in [1.807, 2.05) is 91.5 Å². The number of halogens is 6. The molecule has 0 N–H and O–H groups in total. The monoisotopic (exact) mass is 751 g/mol. The fourth-order valence-electron chi connectivity index (χ4n) is 5.65. The molecule has 0 amide bonds. The lowest BCUT2D eigenvalue weighted by molar-refractivity contribution is -0.141. The van der Waals surface area contributed by atoms with Gasteiger partial charge >= 0.3 is 24.3 Å². The van der Waals surface area contributed by atoms with Crippen molar-refractivity contribution in [2.45, 2.75) is 84.4 Å². The topological polar surface area (TPSA) is 55.8 Å². The number of rotatable bonds is 15. The third-order valence-corrected chi connectivity index (χ3v) is 8.84. The molecule has 4 rings (SSSR count). The summed E-state index contributed by atoms with van der Waals surface area (Å²) in [5.41, 5.74) is 5.66. The summed E-state index contributed by atoms with van der Waals surface area (Å²) in [5, 5.41) is 0. The van der Waals surface area contributed by atoms with Crippen LogP contribution in [0, 0.1) is 0 Å². The van der Waals surface area contributed by atoms with Crippen LogP contribution in [0.5, 0.6) is 0 Å². The quantitative estimate of drug-likeness (QED) is 0.0688. The van der Waals surface area contributed by atoms with Crippen molar-refractivity contribution in [2.24, 2.45) is 0 Å². The van der Waals surface area contributed by atoms with Gasteiger partial charge in [-0.3, -0.25) is 0 Å². The molecule has 54 heavy (non-hydrogen) atoms. The molecule has 11 heteroatoms. The van der Waals surface area contributed by atoms with Crippen molar-refractivity contribution in [3.63, 3.8) is 0 Å². The van der Waals surface area contributed by atoms with Crippen LogP contribution in [0.1, 0.15) is 73.9 Å². The van der Waals surface area contributed by atoms with E-state index >= 15 is 0 Å². The number of hydrogen-bond acceptors (Lipinski definition) is 5. The third-order valence-electron chi connectivity index (χ3n) is 8.84. The molecule has 0 radical (unpaired) electrons. The van der Waals surface area contributed by atoms with Gasteiger partial charge in [0, 0.05) is 46.5 Å². The van der Waals surface area contributed by atoms with E-state index in [4.69, 9.17) is 9.47 Å². The predicted octanol–water partition coefficient (Wildman–Crippen LogP) is 11.7. The maximum Gasteiger partial charge on any atom is 0.389 e. The highest BCUT2D eigenvalue weighted by atomic mass is 19.4. The van der Waals surface area contributed by atoms with Gasteiger partial charge in [-0.25, -0.2) is 9.59 Å². The van der Waals surface area contributed by atoms with Gasteiger partial charge < -0.3 is 14.4 Å². The predicted molar refractivity (Wildman–Crippen MR) is 198 cm³/mol. The Hall–Kier alpha value is -5.32. The van der Waals surface area contributed by atoms with E-state index in [0.29, 0.717) is 27.8 Å². The number of benzene rings is 4. The Morgan fingerprint density at radius 1 is 0.556 bits per heavy atom. The molecule has 0 bridgehead atoms. The summed E-state index contributed by atoms with van der Waals surface area (Å²) in [5.74, 6) is -0.994. The van der Waals surface area contributed by atoms with Crippen LogP contribution in [0.2, 0.25) is 0 Å².